The van der Waals surface area contributed by atoms with Crippen LogP contribution in [0.1, 0.15) is 17.0 Å². The number of halogens is 2. The monoisotopic (exact) mass is 443 g/mol. The van der Waals surface area contributed by atoms with Crippen LogP contribution in [0.25, 0.3) is 0 Å². The highest BCUT2D eigenvalue weighted by atomic mass is 32.2. The quantitative estimate of drug-likeness (QED) is 0.655. The number of hydrogen-bond acceptors (Lipinski definition) is 5. The van der Waals surface area contributed by atoms with E-state index in [0.717, 1.165) is 5.56 Å². The van der Waals surface area contributed by atoms with E-state index >= 15 is 0 Å². The second-order valence-corrected chi connectivity index (χ2v) is 9.30. The van der Waals surface area contributed by atoms with E-state index in [-0.39, 0.29) is 29.6 Å². The van der Waals surface area contributed by atoms with Gasteiger partial charge >= 0.3 is 0 Å². The minimum Gasteiger partial charge on any atom is -0.380 e. The van der Waals surface area contributed by atoms with Gasteiger partial charge in [0.15, 0.2) is 5.03 Å². The molecule has 1 aliphatic heterocycles. The summed E-state index contributed by atoms with van der Waals surface area (Å²) in [6.07, 6.45) is 2.84. The first kappa shape index (κ1) is 21.0. The molecule has 0 amide bonds. The molecule has 4 rings (SSSR count). The van der Waals surface area contributed by atoms with Crippen LogP contribution >= 0.6 is 0 Å². The van der Waals surface area contributed by atoms with Gasteiger partial charge in [0.1, 0.15) is 17.7 Å². The number of imidazole rings is 1. The average molecular weight is 443 g/mol. The molecule has 1 aliphatic rings. The van der Waals surface area contributed by atoms with Crippen molar-refractivity contribution in [3.63, 3.8) is 0 Å². The zero-order chi connectivity index (χ0) is 22.2. The van der Waals surface area contributed by atoms with E-state index in [2.05, 4.69) is 10.3 Å². The van der Waals surface area contributed by atoms with Crippen molar-refractivity contribution in [2.24, 2.45) is 7.05 Å². The maximum absolute atomic E-state index is 14.1. The molecule has 2 aromatic carbocycles. The minimum atomic E-state index is -3.84. The molecule has 0 aliphatic carbocycles. The molecule has 160 valence electrons. The summed E-state index contributed by atoms with van der Waals surface area (Å²) in [6.45, 7) is 0.267. The molecule has 31 heavy (non-hydrogen) atoms. The van der Waals surface area contributed by atoms with Crippen LogP contribution in [0.3, 0.4) is 0 Å². The van der Waals surface area contributed by atoms with Crippen LogP contribution in [0.15, 0.2) is 60.0 Å². The number of aromatic nitrogens is 2. The maximum Gasteiger partial charge on any atom is 0.262 e. The van der Waals surface area contributed by atoms with E-state index in [1.165, 1.54) is 41.1 Å². The zero-order valence-corrected chi connectivity index (χ0v) is 17.4. The van der Waals surface area contributed by atoms with Gasteiger partial charge in [-0.2, -0.15) is 9.57 Å². The Morgan fingerprint density at radius 2 is 1.90 bits per heavy atom. The molecule has 0 bridgehead atoms. The largest absolute Gasteiger partial charge is 0.380 e. The third-order valence-corrected chi connectivity index (χ3v) is 7.03. The average Bonchev–Trinajstić information content (AvgIpc) is 3.36. The van der Waals surface area contributed by atoms with Gasteiger partial charge in [-0.25, -0.2) is 22.2 Å². The van der Waals surface area contributed by atoms with Crippen molar-refractivity contribution in [2.75, 3.05) is 18.4 Å². The van der Waals surface area contributed by atoms with Crippen molar-refractivity contribution < 1.29 is 17.2 Å². The van der Waals surface area contributed by atoms with Gasteiger partial charge < -0.3 is 9.88 Å². The van der Waals surface area contributed by atoms with E-state index in [1.807, 2.05) is 0 Å². The van der Waals surface area contributed by atoms with Crippen LogP contribution < -0.4 is 5.32 Å². The highest BCUT2D eigenvalue weighted by molar-refractivity contribution is 7.89. The molecule has 3 aromatic rings. The number of nitrogens with one attached hydrogen (secondary N) is 1. The SMILES string of the molecule is Cn1cnc(S(=O)(=O)N2C[C@@H](Nc3ccc(C#N)c(F)c3)[C@H](c3ccc(F)cc3)C2)c1. The van der Waals surface area contributed by atoms with Crippen molar-refractivity contribution in [1.82, 2.24) is 13.9 Å². The van der Waals surface area contributed by atoms with Gasteiger partial charge in [0.25, 0.3) is 10.0 Å². The molecule has 2 atom stereocenters. The number of anilines is 1. The Labute approximate surface area is 178 Å². The first-order valence-electron chi connectivity index (χ1n) is 9.47. The van der Waals surface area contributed by atoms with Crippen LogP contribution in [0, 0.1) is 23.0 Å². The van der Waals surface area contributed by atoms with Crippen LogP contribution in [-0.2, 0) is 17.1 Å². The lowest BCUT2D eigenvalue weighted by molar-refractivity contribution is 0.468. The van der Waals surface area contributed by atoms with Crippen LogP contribution in [0.4, 0.5) is 14.5 Å². The molecule has 1 aromatic heterocycles. The Morgan fingerprint density at radius 3 is 2.52 bits per heavy atom. The van der Waals surface area contributed by atoms with Crippen LogP contribution in [-0.4, -0.2) is 41.4 Å². The van der Waals surface area contributed by atoms with Gasteiger partial charge in [0.05, 0.1) is 11.9 Å². The van der Waals surface area contributed by atoms with E-state index in [1.54, 1.807) is 35.9 Å². The van der Waals surface area contributed by atoms with Crippen LogP contribution in [0.2, 0.25) is 0 Å². The van der Waals surface area contributed by atoms with Crippen molar-refractivity contribution in [2.45, 2.75) is 17.0 Å². The first-order valence-corrected chi connectivity index (χ1v) is 10.9. The molecule has 2 heterocycles. The standard InChI is InChI=1S/C21H19F2N5O2S/c1-27-12-21(25-13-27)31(29,30)28-10-18(14-2-5-16(22)6-3-14)20(11-28)26-17-7-4-15(9-24)19(23)8-17/h2-8,12-13,18,20,26H,10-11H2,1H3/t18-,20+/m0/s1. The number of benzene rings is 2. The summed E-state index contributed by atoms with van der Waals surface area (Å²) in [5.74, 6) is -1.36. The Kier molecular flexibility index (Phi) is 5.47. The molecule has 1 saturated heterocycles. The van der Waals surface area contributed by atoms with E-state index in [4.69, 9.17) is 5.26 Å². The van der Waals surface area contributed by atoms with Crippen LogP contribution in [0.5, 0.6) is 0 Å². The van der Waals surface area contributed by atoms with E-state index in [0.29, 0.717) is 5.69 Å². The fraction of sp³-hybridized carbons (Fsp3) is 0.238. The van der Waals surface area contributed by atoms with Crippen molar-refractivity contribution in [3.05, 3.63) is 77.8 Å². The predicted octanol–water partition coefficient (Wildman–Crippen LogP) is 2.84. The fourth-order valence-corrected chi connectivity index (χ4v) is 5.18. The summed E-state index contributed by atoms with van der Waals surface area (Å²) in [4.78, 5) is 3.96. The molecule has 1 fully saturated rings. The topological polar surface area (TPSA) is 91.0 Å². The molecule has 0 radical (unpaired) electrons. The van der Waals surface area contributed by atoms with Crippen molar-refractivity contribution in [3.8, 4) is 6.07 Å². The molecule has 0 spiro atoms. The molecule has 10 heteroatoms. The summed E-state index contributed by atoms with van der Waals surface area (Å²) in [5.41, 5.74) is 1.10. The smallest absolute Gasteiger partial charge is 0.262 e. The van der Waals surface area contributed by atoms with Gasteiger partial charge in [0, 0.05) is 44.0 Å². The maximum atomic E-state index is 14.1. The van der Waals surface area contributed by atoms with E-state index < -0.39 is 27.7 Å². The molecular weight excluding hydrogens is 424 g/mol. The molecule has 0 saturated carbocycles. The van der Waals surface area contributed by atoms with Gasteiger partial charge in [-0.3, -0.25) is 0 Å². The lowest BCUT2D eigenvalue weighted by atomic mass is 9.94. The molecular formula is C21H19F2N5O2S. The lowest BCUT2D eigenvalue weighted by Gasteiger charge is -2.21. The second-order valence-electron chi connectivity index (χ2n) is 7.41. The van der Waals surface area contributed by atoms with Gasteiger partial charge in [-0.1, -0.05) is 12.1 Å². The second kappa shape index (κ2) is 8.09. The Bertz CT molecular complexity index is 1250. The number of hydrogen-bond donors (Lipinski definition) is 1. The highest BCUT2D eigenvalue weighted by Gasteiger charge is 2.41. The normalized spacial score (nSPS) is 19.3. The molecule has 1 N–H and O–H groups in total. The number of rotatable bonds is 5. The Morgan fingerprint density at radius 1 is 1.16 bits per heavy atom. The summed E-state index contributed by atoms with van der Waals surface area (Å²) < 4.78 is 56.5. The zero-order valence-electron chi connectivity index (χ0n) is 16.5. The van der Waals surface area contributed by atoms with Gasteiger partial charge in [-0.15, -0.1) is 0 Å². The minimum absolute atomic E-state index is 0.0575. The first-order chi connectivity index (χ1) is 14.8. The number of nitriles is 1. The lowest BCUT2D eigenvalue weighted by Crippen LogP contribution is -2.32. The third kappa shape index (κ3) is 4.15. The van der Waals surface area contributed by atoms with E-state index in [9.17, 15) is 17.2 Å². The number of sulfonamides is 1. The van der Waals surface area contributed by atoms with Gasteiger partial charge in [-0.05, 0) is 35.9 Å². The fourth-order valence-electron chi connectivity index (χ4n) is 3.72. The summed E-state index contributed by atoms with van der Waals surface area (Å²) in [6, 6.07) is 11.4. The Hall–Kier alpha value is -3.29. The van der Waals surface area contributed by atoms with Crippen molar-refractivity contribution >= 4 is 15.7 Å². The summed E-state index contributed by atoms with van der Waals surface area (Å²) in [5, 5.41) is 12.0. The van der Waals surface area contributed by atoms with Crippen molar-refractivity contribution in [1.29, 1.82) is 5.26 Å². The number of nitrogens with zero attached hydrogens (tertiary/aromatic N) is 4. The molecule has 0 unspecified atom stereocenters. The number of aryl methyl sites for hydroxylation is 1. The third-order valence-electron chi connectivity index (χ3n) is 5.31. The Balaban J connectivity index is 1.66. The van der Waals surface area contributed by atoms with Gasteiger partial charge in [0.2, 0.25) is 0 Å². The molecule has 7 nitrogen and oxygen atoms in total. The highest BCUT2D eigenvalue weighted by Crippen LogP contribution is 2.33. The predicted molar refractivity (Wildman–Crippen MR) is 110 cm³/mol. The summed E-state index contributed by atoms with van der Waals surface area (Å²) >= 11 is 0. The summed E-state index contributed by atoms with van der Waals surface area (Å²) in [7, 11) is -2.16.